The van der Waals surface area contributed by atoms with Gasteiger partial charge in [-0.25, -0.2) is 9.78 Å². The fraction of sp³-hybridized carbons (Fsp3) is 0.179. The van der Waals surface area contributed by atoms with Gasteiger partial charge in [-0.2, -0.15) is 0 Å². The summed E-state index contributed by atoms with van der Waals surface area (Å²) in [5.41, 5.74) is 3.20. The average Bonchev–Trinajstić information content (AvgIpc) is 3.66. The summed E-state index contributed by atoms with van der Waals surface area (Å²) in [6.07, 6.45) is 2.07. The lowest BCUT2D eigenvalue weighted by molar-refractivity contribution is 0.0594. The van der Waals surface area contributed by atoms with Crippen molar-refractivity contribution in [2.75, 3.05) is 7.11 Å². The lowest BCUT2D eigenvalue weighted by Gasteiger charge is -2.10. The number of hydrogen-bond donors (Lipinski definition) is 0. The first-order chi connectivity index (χ1) is 17.9. The standard InChI is InChI=1S/C28H19Cl3N2O4/c1-35-28(34)24-7-2-4-18(32-24)12-10-16-11-13-19(14-23(16)31)36-15-20-26(33-37-27(20)17-8-9-17)25-21(29)5-3-6-22(25)30/h2-7,11,13-14,17H,8-9,15H2,1H3. The first-order valence-electron chi connectivity index (χ1n) is 11.4. The van der Waals surface area contributed by atoms with Crippen LogP contribution in [-0.4, -0.2) is 23.2 Å². The number of carbonyl (C=O) groups excluding carboxylic acids is 1. The Balaban J connectivity index is 1.36. The summed E-state index contributed by atoms with van der Waals surface area (Å²) in [5.74, 6) is 7.03. The van der Waals surface area contributed by atoms with Crippen molar-refractivity contribution in [2.24, 2.45) is 0 Å². The quantitative estimate of drug-likeness (QED) is 0.184. The van der Waals surface area contributed by atoms with Gasteiger partial charge in [0.05, 0.1) is 27.7 Å². The molecule has 1 fully saturated rings. The molecule has 6 nitrogen and oxygen atoms in total. The van der Waals surface area contributed by atoms with E-state index >= 15 is 0 Å². The van der Waals surface area contributed by atoms with Crippen LogP contribution in [0.3, 0.4) is 0 Å². The highest BCUT2D eigenvalue weighted by molar-refractivity contribution is 6.39. The third-order valence-electron chi connectivity index (χ3n) is 5.76. The molecule has 1 aliphatic carbocycles. The Hall–Kier alpha value is -3.50. The number of methoxy groups -OCH3 is 1. The van der Waals surface area contributed by atoms with Crippen LogP contribution >= 0.6 is 34.8 Å². The van der Waals surface area contributed by atoms with Crippen LogP contribution in [0.5, 0.6) is 5.75 Å². The number of benzene rings is 2. The van der Waals surface area contributed by atoms with E-state index in [9.17, 15) is 4.79 Å². The minimum atomic E-state index is -0.527. The van der Waals surface area contributed by atoms with E-state index in [4.69, 9.17) is 48.8 Å². The predicted octanol–water partition coefficient (Wildman–Crippen LogP) is 7.34. The highest BCUT2D eigenvalue weighted by Crippen LogP contribution is 2.46. The van der Waals surface area contributed by atoms with Crippen LogP contribution in [0.1, 0.15) is 51.8 Å². The molecule has 1 saturated carbocycles. The fourth-order valence-corrected chi connectivity index (χ4v) is 4.54. The minimum absolute atomic E-state index is 0.181. The van der Waals surface area contributed by atoms with Crippen molar-refractivity contribution in [3.05, 3.63) is 97.9 Å². The third kappa shape index (κ3) is 5.60. The molecule has 5 rings (SSSR count). The van der Waals surface area contributed by atoms with Crippen molar-refractivity contribution in [3.63, 3.8) is 0 Å². The van der Waals surface area contributed by atoms with Crippen LogP contribution < -0.4 is 4.74 Å². The van der Waals surface area contributed by atoms with Gasteiger partial charge in [0.25, 0.3) is 0 Å². The molecule has 0 spiro atoms. The van der Waals surface area contributed by atoms with Gasteiger partial charge >= 0.3 is 5.97 Å². The number of carbonyl (C=O) groups is 1. The molecule has 4 aromatic rings. The second-order valence-electron chi connectivity index (χ2n) is 8.32. The molecule has 2 heterocycles. The average molecular weight is 554 g/mol. The number of esters is 1. The van der Waals surface area contributed by atoms with Crippen molar-refractivity contribution in [3.8, 4) is 28.8 Å². The fourth-order valence-electron chi connectivity index (χ4n) is 3.74. The van der Waals surface area contributed by atoms with Gasteiger partial charge in [0, 0.05) is 23.1 Å². The van der Waals surface area contributed by atoms with E-state index in [2.05, 4.69) is 22.0 Å². The Kier molecular flexibility index (Phi) is 7.38. The number of pyridine rings is 1. The zero-order chi connectivity index (χ0) is 25.9. The van der Waals surface area contributed by atoms with Crippen LogP contribution in [0, 0.1) is 11.8 Å². The molecule has 0 amide bonds. The Bertz CT molecular complexity index is 1530. The third-order valence-corrected chi connectivity index (χ3v) is 6.70. The molecule has 1 aliphatic rings. The zero-order valence-corrected chi connectivity index (χ0v) is 21.8. The van der Waals surface area contributed by atoms with E-state index in [1.54, 1.807) is 54.6 Å². The molecular formula is C28H19Cl3N2O4. The van der Waals surface area contributed by atoms with Gasteiger partial charge in [-0.3, -0.25) is 0 Å². The van der Waals surface area contributed by atoms with Gasteiger partial charge in [-0.1, -0.05) is 58.0 Å². The lowest BCUT2D eigenvalue weighted by Crippen LogP contribution is -2.04. The monoisotopic (exact) mass is 552 g/mol. The molecule has 0 unspecified atom stereocenters. The van der Waals surface area contributed by atoms with Crippen molar-refractivity contribution < 1.29 is 18.8 Å². The van der Waals surface area contributed by atoms with Gasteiger partial charge in [0.15, 0.2) is 0 Å². The van der Waals surface area contributed by atoms with Crippen molar-refractivity contribution >= 4 is 40.8 Å². The van der Waals surface area contributed by atoms with Gasteiger partial charge in [-0.15, -0.1) is 0 Å². The Labute approximate surface area is 228 Å². The smallest absolute Gasteiger partial charge is 0.356 e. The highest BCUT2D eigenvalue weighted by atomic mass is 35.5. The molecular weight excluding hydrogens is 535 g/mol. The van der Waals surface area contributed by atoms with Gasteiger partial charge in [0.1, 0.15) is 35.2 Å². The largest absolute Gasteiger partial charge is 0.489 e. The van der Waals surface area contributed by atoms with E-state index in [1.807, 2.05) is 0 Å². The van der Waals surface area contributed by atoms with Crippen LogP contribution in [0.25, 0.3) is 11.3 Å². The molecule has 2 aromatic carbocycles. The number of hydrogen-bond acceptors (Lipinski definition) is 6. The SMILES string of the molecule is COC(=O)c1cccc(C#Cc2ccc(OCc3c(-c4c(Cl)cccc4Cl)noc3C3CC3)cc2Cl)n1. The minimum Gasteiger partial charge on any atom is -0.489 e. The van der Waals surface area contributed by atoms with Crippen LogP contribution in [-0.2, 0) is 11.3 Å². The number of aromatic nitrogens is 2. The molecule has 2 aromatic heterocycles. The summed E-state index contributed by atoms with van der Waals surface area (Å²) in [5, 5.41) is 5.67. The predicted molar refractivity (Wildman–Crippen MR) is 141 cm³/mol. The van der Waals surface area contributed by atoms with Gasteiger partial charge in [-0.05, 0) is 55.2 Å². The first-order valence-corrected chi connectivity index (χ1v) is 12.5. The van der Waals surface area contributed by atoms with E-state index in [0.717, 1.165) is 24.2 Å². The summed E-state index contributed by atoms with van der Waals surface area (Å²) in [7, 11) is 1.30. The molecule has 37 heavy (non-hydrogen) atoms. The zero-order valence-electron chi connectivity index (χ0n) is 19.6. The van der Waals surface area contributed by atoms with Crippen LogP contribution in [0.15, 0.2) is 59.1 Å². The van der Waals surface area contributed by atoms with Crippen LogP contribution in [0.2, 0.25) is 15.1 Å². The number of rotatable bonds is 6. The van der Waals surface area contributed by atoms with E-state index in [0.29, 0.717) is 49.3 Å². The van der Waals surface area contributed by atoms with Gasteiger partial charge < -0.3 is 14.0 Å². The molecule has 0 atom stereocenters. The highest BCUT2D eigenvalue weighted by Gasteiger charge is 2.33. The maximum absolute atomic E-state index is 11.7. The Morgan fingerprint density at radius 2 is 1.78 bits per heavy atom. The number of ether oxygens (including phenoxy) is 2. The summed E-state index contributed by atoms with van der Waals surface area (Å²) < 4.78 is 16.5. The molecule has 0 radical (unpaired) electrons. The van der Waals surface area contributed by atoms with E-state index in [-0.39, 0.29) is 12.3 Å². The normalized spacial score (nSPS) is 12.5. The molecule has 0 aliphatic heterocycles. The Morgan fingerprint density at radius 1 is 1.03 bits per heavy atom. The Morgan fingerprint density at radius 3 is 2.49 bits per heavy atom. The summed E-state index contributed by atoms with van der Waals surface area (Å²) in [4.78, 5) is 15.9. The molecule has 0 N–H and O–H groups in total. The van der Waals surface area contributed by atoms with E-state index in [1.165, 1.54) is 7.11 Å². The van der Waals surface area contributed by atoms with Gasteiger partial charge in [0.2, 0.25) is 0 Å². The van der Waals surface area contributed by atoms with Crippen molar-refractivity contribution in [2.45, 2.75) is 25.4 Å². The van der Waals surface area contributed by atoms with Crippen molar-refractivity contribution in [1.29, 1.82) is 0 Å². The molecule has 9 heteroatoms. The van der Waals surface area contributed by atoms with Crippen LogP contribution in [0.4, 0.5) is 0 Å². The first kappa shape index (κ1) is 25.2. The second kappa shape index (κ2) is 10.9. The maximum Gasteiger partial charge on any atom is 0.356 e. The molecule has 186 valence electrons. The summed E-state index contributed by atoms with van der Waals surface area (Å²) in [6.45, 7) is 0.206. The summed E-state index contributed by atoms with van der Waals surface area (Å²) in [6, 6.07) is 15.5. The topological polar surface area (TPSA) is 74.5 Å². The number of halogens is 3. The van der Waals surface area contributed by atoms with Crippen molar-refractivity contribution in [1.82, 2.24) is 10.1 Å². The van der Waals surface area contributed by atoms with E-state index < -0.39 is 5.97 Å². The number of nitrogens with zero attached hydrogens (tertiary/aromatic N) is 2. The second-order valence-corrected chi connectivity index (χ2v) is 9.55. The maximum atomic E-state index is 11.7. The summed E-state index contributed by atoms with van der Waals surface area (Å²) >= 11 is 19.4. The molecule has 0 saturated heterocycles. The lowest BCUT2D eigenvalue weighted by atomic mass is 10.0. The molecule has 0 bridgehead atoms.